The summed E-state index contributed by atoms with van der Waals surface area (Å²) in [6.45, 7) is 0.784. The van der Waals surface area contributed by atoms with E-state index >= 15 is 0 Å². The maximum Gasteiger partial charge on any atom is 0.227 e. The summed E-state index contributed by atoms with van der Waals surface area (Å²) in [5, 5.41) is 4.02. The summed E-state index contributed by atoms with van der Waals surface area (Å²) in [6, 6.07) is 11.5. The average molecular weight is 378 g/mol. The van der Waals surface area contributed by atoms with Crippen molar-refractivity contribution in [3.05, 3.63) is 60.2 Å². The molecular weight excluding hydrogens is 356 g/mol. The zero-order valence-corrected chi connectivity index (χ0v) is 15.7. The van der Waals surface area contributed by atoms with Gasteiger partial charge in [0.05, 0.1) is 13.2 Å². The molecule has 3 aromatic rings. The van der Waals surface area contributed by atoms with Gasteiger partial charge in [0, 0.05) is 37.3 Å². The number of hydrogen-bond donors (Lipinski definition) is 0. The van der Waals surface area contributed by atoms with Crippen LogP contribution in [0.5, 0.6) is 5.75 Å². The summed E-state index contributed by atoms with van der Waals surface area (Å²) in [5.41, 5.74) is 1.99. The molecular formula is C21H22N4O3. The van der Waals surface area contributed by atoms with Crippen molar-refractivity contribution < 1.29 is 14.1 Å². The maximum absolute atomic E-state index is 12.8. The molecule has 144 valence electrons. The summed E-state index contributed by atoms with van der Waals surface area (Å²) in [4.78, 5) is 23.2. The summed E-state index contributed by atoms with van der Waals surface area (Å²) < 4.78 is 10.5. The number of hydrogen-bond acceptors (Lipinski definition) is 6. The van der Waals surface area contributed by atoms with Crippen molar-refractivity contribution in [1.82, 2.24) is 20.0 Å². The smallest absolute Gasteiger partial charge is 0.227 e. The number of aromatic nitrogens is 3. The average Bonchev–Trinajstić information content (AvgIpc) is 3.43. The number of likely N-dealkylation sites (tertiary alicyclic amines) is 1. The third kappa shape index (κ3) is 3.88. The number of ether oxygens (including phenoxy) is 1. The quantitative estimate of drug-likeness (QED) is 0.654. The van der Waals surface area contributed by atoms with Gasteiger partial charge in [-0.05, 0) is 54.8 Å². The second-order valence-electron chi connectivity index (χ2n) is 6.77. The monoisotopic (exact) mass is 378 g/mol. The predicted molar refractivity (Wildman–Crippen MR) is 103 cm³/mol. The van der Waals surface area contributed by atoms with Crippen LogP contribution in [-0.4, -0.2) is 39.6 Å². The largest absolute Gasteiger partial charge is 0.497 e. The van der Waals surface area contributed by atoms with Crippen LogP contribution in [0.2, 0.25) is 0 Å². The van der Waals surface area contributed by atoms with Crippen LogP contribution in [0.4, 0.5) is 0 Å². The van der Waals surface area contributed by atoms with E-state index < -0.39 is 0 Å². The van der Waals surface area contributed by atoms with Crippen molar-refractivity contribution in [3.8, 4) is 17.1 Å². The molecule has 0 aliphatic carbocycles. The molecule has 7 nitrogen and oxygen atoms in total. The van der Waals surface area contributed by atoms with Crippen LogP contribution in [0.3, 0.4) is 0 Å². The van der Waals surface area contributed by atoms with E-state index in [0.29, 0.717) is 24.6 Å². The summed E-state index contributed by atoms with van der Waals surface area (Å²) in [6.07, 6.45) is 6.33. The van der Waals surface area contributed by atoms with E-state index in [1.54, 1.807) is 19.5 Å². The van der Waals surface area contributed by atoms with Gasteiger partial charge in [-0.3, -0.25) is 9.78 Å². The minimum Gasteiger partial charge on any atom is -0.497 e. The standard InChI is InChI=1S/C21H22N4O3/c1-27-17-6-4-16(5-7-17)21-23-19(28-24-21)8-9-20(26)25-14-2-3-18(25)15-10-12-22-13-11-15/h4-7,10-13,18H,2-3,8-9,14H2,1H3. The Kier molecular flexibility index (Phi) is 5.32. The van der Waals surface area contributed by atoms with Crippen LogP contribution >= 0.6 is 0 Å². The number of carbonyl (C=O) groups excluding carboxylic acids is 1. The number of carbonyl (C=O) groups is 1. The molecule has 1 fully saturated rings. The Hall–Kier alpha value is -3.22. The van der Waals surface area contributed by atoms with E-state index in [0.717, 1.165) is 36.3 Å². The Bertz CT molecular complexity index is 924. The zero-order chi connectivity index (χ0) is 19.3. The Morgan fingerprint density at radius 3 is 2.75 bits per heavy atom. The van der Waals surface area contributed by atoms with Crippen molar-refractivity contribution in [2.75, 3.05) is 13.7 Å². The molecule has 0 spiro atoms. The van der Waals surface area contributed by atoms with Crippen LogP contribution in [0, 0.1) is 0 Å². The SMILES string of the molecule is COc1ccc(-c2noc(CCC(=O)N3CCCC3c3ccncc3)n2)cc1. The van der Waals surface area contributed by atoms with Crippen LogP contribution in [0.25, 0.3) is 11.4 Å². The van der Waals surface area contributed by atoms with Crippen molar-refractivity contribution in [2.24, 2.45) is 0 Å². The third-order valence-corrected chi connectivity index (χ3v) is 5.03. The van der Waals surface area contributed by atoms with Crippen molar-refractivity contribution >= 4 is 5.91 Å². The molecule has 1 atom stereocenters. The van der Waals surface area contributed by atoms with E-state index in [1.165, 1.54) is 0 Å². The number of methoxy groups -OCH3 is 1. The lowest BCUT2D eigenvalue weighted by atomic mass is 10.1. The number of aryl methyl sites for hydroxylation is 1. The highest BCUT2D eigenvalue weighted by Gasteiger charge is 2.29. The van der Waals surface area contributed by atoms with E-state index in [9.17, 15) is 4.79 Å². The Balaban J connectivity index is 1.38. The zero-order valence-electron chi connectivity index (χ0n) is 15.7. The van der Waals surface area contributed by atoms with Crippen molar-refractivity contribution in [3.63, 3.8) is 0 Å². The van der Waals surface area contributed by atoms with Crippen LogP contribution in [0.1, 0.15) is 36.8 Å². The molecule has 4 rings (SSSR count). The number of amides is 1. The van der Waals surface area contributed by atoms with Gasteiger partial charge in [0.2, 0.25) is 17.6 Å². The molecule has 0 bridgehead atoms. The molecule has 0 N–H and O–H groups in total. The molecule has 7 heteroatoms. The van der Waals surface area contributed by atoms with Crippen molar-refractivity contribution in [2.45, 2.75) is 31.7 Å². The highest BCUT2D eigenvalue weighted by Crippen LogP contribution is 2.32. The van der Waals surface area contributed by atoms with Gasteiger partial charge in [0.15, 0.2) is 0 Å². The Morgan fingerprint density at radius 1 is 1.21 bits per heavy atom. The molecule has 1 aromatic carbocycles. The fourth-order valence-corrected chi connectivity index (χ4v) is 3.57. The van der Waals surface area contributed by atoms with Gasteiger partial charge < -0.3 is 14.2 Å². The maximum atomic E-state index is 12.8. The Labute approximate surface area is 163 Å². The highest BCUT2D eigenvalue weighted by atomic mass is 16.5. The fraction of sp³-hybridized carbons (Fsp3) is 0.333. The van der Waals surface area contributed by atoms with E-state index in [2.05, 4.69) is 15.1 Å². The predicted octanol–water partition coefficient (Wildman–Crippen LogP) is 3.44. The second kappa shape index (κ2) is 8.21. The molecule has 1 aliphatic heterocycles. The van der Waals surface area contributed by atoms with Gasteiger partial charge in [-0.25, -0.2) is 0 Å². The lowest BCUT2D eigenvalue weighted by Crippen LogP contribution is -2.30. The lowest BCUT2D eigenvalue weighted by Gasteiger charge is -2.24. The first-order valence-corrected chi connectivity index (χ1v) is 9.41. The van der Waals surface area contributed by atoms with E-state index in [-0.39, 0.29) is 11.9 Å². The molecule has 1 saturated heterocycles. The summed E-state index contributed by atoms with van der Waals surface area (Å²) >= 11 is 0. The highest BCUT2D eigenvalue weighted by molar-refractivity contribution is 5.77. The van der Waals surface area contributed by atoms with Crippen LogP contribution in [0.15, 0.2) is 53.3 Å². The Morgan fingerprint density at radius 2 is 2.00 bits per heavy atom. The summed E-state index contributed by atoms with van der Waals surface area (Å²) in [7, 11) is 1.62. The fourth-order valence-electron chi connectivity index (χ4n) is 3.57. The van der Waals surface area contributed by atoms with Gasteiger partial charge in [0.1, 0.15) is 5.75 Å². The minimum atomic E-state index is 0.114. The molecule has 28 heavy (non-hydrogen) atoms. The third-order valence-electron chi connectivity index (χ3n) is 5.03. The number of nitrogens with zero attached hydrogens (tertiary/aromatic N) is 4. The van der Waals surface area contributed by atoms with E-state index in [4.69, 9.17) is 9.26 Å². The molecule has 1 unspecified atom stereocenters. The van der Waals surface area contributed by atoms with Gasteiger partial charge in [0.25, 0.3) is 0 Å². The first-order valence-electron chi connectivity index (χ1n) is 9.41. The number of rotatable bonds is 6. The van der Waals surface area contributed by atoms with Gasteiger partial charge in [-0.15, -0.1) is 0 Å². The molecule has 0 saturated carbocycles. The second-order valence-corrected chi connectivity index (χ2v) is 6.77. The molecule has 3 heterocycles. The van der Waals surface area contributed by atoms with E-state index in [1.807, 2.05) is 41.3 Å². The van der Waals surface area contributed by atoms with Crippen LogP contribution in [-0.2, 0) is 11.2 Å². The van der Waals surface area contributed by atoms with Gasteiger partial charge in [-0.2, -0.15) is 4.98 Å². The number of benzene rings is 1. The summed E-state index contributed by atoms with van der Waals surface area (Å²) in [5.74, 6) is 1.87. The normalized spacial score (nSPS) is 16.3. The van der Waals surface area contributed by atoms with Crippen LogP contribution < -0.4 is 4.74 Å². The molecule has 1 amide bonds. The van der Waals surface area contributed by atoms with Gasteiger partial charge >= 0.3 is 0 Å². The first-order chi connectivity index (χ1) is 13.7. The molecule has 1 aliphatic rings. The molecule has 2 aromatic heterocycles. The van der Waals surface area contributed by atoms with Crippen molar-refractivity contribution in [1.29, 1.82) is 0 Å². The first kappa shape index (κ1) is 18.2. The minimum absolute atomic E-state index is 0.114. The molecule has 0 radical (unpaired) electrons. The number of pyridine rings is 1. The topological polar surface area (TPSA) is 81.4 Å². The van der Waals surface area contributed by atoms with Gasteiger partial charge in [-0.1, -0.05) is 5.16 Å². The lowest BCUT2D eigenvalue weighted by molar-refractivity contribution is -0.132.